The fourth-order valence-corrected chi connectivity index (χ4v) is 3.64. The predicted molar refractivity (Wildman–Crippen MR) is 76.8 cm³/mol. The van der Waals surface area contributed by atoms with Gasteiger partial charge in [-0.2, -0.15) is 0 Å². The molecule has 0 unspecified atom stereocenters. The first-order valence-electron chi connectivity index (χ1n) is 6.94. The highest BCUT2D eigenvalue weighted by atomic mass is 79.9. The van der Waals surface area contributed by atoms with Crippen molar-refractivity contribution in [3.63, 3.8) is 0 Å². The lowest BCUT2D eigenvalue weighted by Crippen LogP contribution is -2.49. The minimum Gasteiger partial charge on any atom is -0.379 e. The molecule has 2 aliphatic heterocycles. The first kappa shape index (κ1) is 13.5. The third-order valence-corrected chi connectivity index (χ3v) is 4.89. The topological polar surface area (TPSA) is 21.3 Å². The maximum Gasteiger partial charge on any atom is 0.127 e. The molecule has 2 aliphatic rings. The molecule has 0 radical (unpaired) electrons. The predicted octanol–water partition coefficient (Wildman–Crippen LogP) is 3.25. The van der Waals surface area contributed by atoms with Crippen molar-refractivity contribution in [2.24, 2.45) is 5.92 Å². The zero-order chi connectivity index (χ0) is 13.3. The number of ether oxygens (including phenoxy) is 1. The molecular formula is C15H19BrFNO. The van der Waals surface area contributed by atoms with Crippen LogP contribution < -0.4 is 5.32 Å². The van der Waals surface area contributed by atoms with E-state index in [1.807, 2.05) is 6.07 Å². The van der Waals surface area contributed by atoms with Crippen LogP contribution in [0, 0.1) is 11.7 Å². The van der Waals surface area contributed by atoms with Crippen molar-refractivity contribution >= 4 is 15.9 Å². The Morgan fingerprint density at radius 2 is 2.05 bits per heavy atom. The van der Waals surface area contributed by atoms with Gasteiger partial charge in [0.05, 0.1) is 13.2 Å². The van der Waals surface area contributed by atoms with Crippen LogP contribution in [0.15, 0.2) is 22.7 Å². The van der Waals surface area contributed by atoms with Crippen LogP contribution in [0.25, 0.3) is 0 Å². The van der Waals surface area contributed by atoms with Crippen LogP contribution in [0.3, 0.4) is 0 Å². The van der Waals surface area contributed by atoms with E-state index in [0.717, 1.165) is 29.5 Å². The van der Waals surface area contributed by atoms with E-state index in [4.69, 9.17) is 4.74 Å². The second kappa shape index (κ2) is 5.51. The molecule has 0 amide bonds. The number of hydrogen-bond acceptors (Lipinski definition) is 2. The zero-order valence-corrected chi connectivity index (χ0v) is 12.5. The van der Waals surface area contributed by atoms with Crippen LogP contribution in [0.5, 0.6) is 0 Å². The van der Waals surface area contributed by atoms with E-state index in [1.165, 1.54) is 12.8 Å². The quantitative estimate of drug-likeness (QED) is 0.920. The highest BCUT2D eigenvalue weighted by Gasteiger charge is 2.43. The summed E-state index contributed by atoms with van der Waals surface area (Å²) in [6, 6.07) is 5.25. The highest BCUT2D eigenvalue weighted by Crippen LogP contribution is 2.42. The molecule has 1 aromatic rings. The minimum absolute atomic E-state index is 0.0968. The largest absolute Gasteiger partial charge is 0.379 e. The van der Waals surface area contributed by atoms with Gasteiger partial charge in [0.1, 0.15) is 5.82 Å². The molecule has 1 aromatic carbocycles. The normalized spacial score (nSPS) is 23.1. The third-order valence-electron chi connectivity index (χ3n) is 4.39. The van der Waals surface area contributed by atoms with Crippen molar-refractivity contribution in [3.05, 3.63) is 34.1 Å². The van der Waals surface area contributed by atoms with Crippen LogP contribution in [-0.2, 0) is 10.2 Å². The fourth-order valence-electron chi connectivity index (χ4n) is 3.27. The van der Waals surface area contributed by atoms with E-state index in [1.54, 1.807) is 12.1 Å². The number of piperidine rings is 1. The van der Waals surface area contributed by atoms with Crippen LogP contribution in [0.2, 0.25) is 0 Å². The Bertz CT molecular complexity index is 455. The van der Waals surface area contributed by atoms with E-state index in [9.17, 15) is 4.39 Å². The maximum atomic E-state index is 14.2. The summed E-state index contributed by atoms with van der Waals surface area (Å²) in [4.78, 5) is 0. The fraction of sp³-hybridized carbons (Fsp3) is 0.600. The van der Waals surface area contributed by atoms with Gasteiger partial charge in [-0.25, -0.2) is 4.39 Å². The molecule has 0 bridgehead atoms. The van der Waals surface area contributed by atoms with E-state index >= 15 is 0 Å². The summed E-state index contributed by atoms with van der Waals surface area (Å²) in [5.74, 6) is 0.587. The summed E-state index contributed by atoms with van der Waals surface area (Å²) >= 11 is 3.45. The number of nitrogens with one attached hydrogen (secondary N) is 1. The van der Waals surface area contributed by atoms with E-state index in [0.29, 0.717) is 19.1 Å². The van der Waals surface area contributed by atoms with Crippen LogP contribution >= 0.6 is 15.9 Å². The molecule has 4 heteroatoms. The second-order valence-electron chi connectivity index (χ2n) is 5.79. The molecule has 2 saturated heterocycles. The second-order valence-corrected chi connectivity index (χ2v) is 6.71. The number of rotatable bonds is 3. The van der Waals surface area contributed by atoms with Crippen molar-refractivity contribution < 1.29 is 9.13 Å². The van der Waals surface area contributed by atoms with Crippen LogP contribution in [0.4, 0.5) is 4.39 Å². The third kappa shape index (κ3) is 2.71. The van der Waals surface area contributed by atoms with Gasteiger partial charge in [-0.05, 0) is 62.0 Å². The van der Waals surface area contributed by atoms with Gasteiger partial charge in [-0.1, -0.05) is 15.9 Å². The lowest BCUT2D eigenvalue weighted by atomic mass is 9.70. The molecule has 2 heterocycles. The maximum absolute atomic E-state index is 14.2. The molecule has 19 heavy (non-hydrogen) atoms. The molecule has 3 rings (SSSR count). The van der Waals surface area contributed by atoms with Crippen molar-refractivity contribution in [2.75, 3.05) is 26.3 Å². The molecule has 0 aromatic heterocycles. The Balaban J connectivity index is 1.83. The number of hydrogen-bond donors (Lipinski definition) is 1. The molecule has 0 spiro atoms. The first-order chi connectivity index (χ1) is 9.20. The zero-order valence-electron chi connectivity index (χ0n) is 10.9. The van der Waals surface area contributed by atoms with Crippen molar-refractivity contribution in [1.82, 2.24) is 5.32 Å². The van der Waals surface area contributed by atoms with Crippen molar-refractivity contribution in [1.29, 1.82) is 0 Å². The van der Waals surface area contributed by atoms with E-state index in [2.05, 4.69) is 21.2 Å². The number of halogens is 2. The first-order valence-corrected chi connectivity index (χ1v) is 7.73. The lowest BCUT2D eigenvalue weighted by molar-refractivity contribution is -0.0747. The molecule has 104 valence electrons. The lowest BCUT2D eigenvalue weighted by Gasteiger charge is -2.45. The minimum atomic E-state index is -0.101. The van der Waals surface area contributed by atoms with Gasteiger partial charge in [0.2, 0.25) is 0 Å². The average Bonchev–Trinajstić information content (AvgIpc) is 2.38. The average molecular weight is 328 g/mol. The summed E-state index contributed by atoms with van der Waals surface area (Å²) in [5, 5.41) is 3.38. The summed E-state index contributed by atoms with van der Waals surface area (Å²) in [6.45, 7) is 3.49. The highest BCUT2D eigenvalue weighted by molar-refractivity contribution is 9.10. The molecule has 0 saturated carbocycles. The Morgan fingerprint density at radius 1 is 1.32 bits per heavy atom. The van der Waals surface area contributed by atoms with Crippen molar-refractivity contribution in [2.45, 2.75) is 24.7 Å². The molecule has 0 aliphatic carbocycles. The smallest absolute Gasteiger partial charge is 0.127 e. The standard InChI is InChI=1S/C15H19BrFNO/c16-12-1-2-14(17)13(7-12)15(9-19-10-15)8-11-3-5-18-6-4-11/h1-2,7,11,18H,3-6,8-10H2. The van der Waals surface area contributed by atoms with Gasteiger partial charge in [-0.15, -0.1) is 0 Å². The van der Waals surface area contributed by atoms with Crippen molar-refractivity contribution in [3.8, 4) is 0 Å². The molecule has 2 fully saturated rings. The summed E-state index contributed by atoms with van der Waals surface area (Å²) in [6.07, 6.45) is 3.43. The van der Waals surface area contributed by atoms with Gasteiger partial charge < -0.3 is 10.1 Å². The van der Waals surface area contributed by atoms with Gasteiger partial charge in [0, 0.05) is 9.89 Å². The van der Waals surface area contributed by atoms with Gasteiger partial charge >= 0.3 is 0 Å². The number of benzene rings is 1. The summed E-state index contributed by atoms with van der Waals surface area (Å²) in [5.41, 5.74) is 0.724. The Morgan fingerprint density at radius 3 is 2.68 bits per heavy atom. The van der Waals surface area contributed by atoms with E-state index < -0.39 is 0 Å². The van der Waals surface area contributed by atoms with Gasteiger partial charge in [0.25, 0.3) is 0 Å². The van der Waals surface area contributed by atoms with Crippen LogP contribution in [-0.4, -0.2) is 26.3 Å². The van der Waals surface area contributed by atoms with Gasteiger partial charge in [0.15, 0.2) is 0 Å². The summed E-state index contributed by atoms with van der Waals surface area (Å²) in [7, 11) is 0. The van der Waals surface area contributed by atoms with E-state index in [-0.39, 0.29) is 11.2 Å². The van der Waals surface area contributed by atoms with Gasteiger partial charge in [-0.3, -0.25) is 0 Å². The Hall–Kier alpha value is -0.450. The molecule has 0 atom stereocenters. The Kier molecular flexibility index (Phi) is 3.92. The SMILES string of the molecule is Fc1ccc(Br)cc1C1(CC2CCNCC2)COC1. The Labute approximate surface area is 121 Å². The molecule has 1 N–H and O–H groups in total. The molecule has 2 nitrogen and oxygen atoms in total. The summed E-state index contributed by atoms with van der Waals surface area (Å²) < 4.78 is 20.5. The monoisotopic (exact) mass is 327 g/mol. The van der Waals surface area contributed by atoms with Crippen LogP contribution in [0.1, 0.15) is 24.8 Å². The molecular weight excluding hydrogens is 309 g/mol.